The number of rotatable bonds is 16. The fourth-order valence-electron chi connectivity index (χ4n) is 4.56. The van der Waals surface area contributed by atoms with Gasteiger partial charge in [0.2, 0.25) is 11.8 Å². The van der Waals surface area contributed by atoms with Crippen LogP contribution in [-0.2, 0) is 23.9 Å². The van der Waals surface area contributed by atoms with Crippen LogP contribution in [0.4, 0.5) is 4.79 Å². The molecule has 0 saturated heterocycles. The van der Waals surface area contributed by atoms with E-state index in [9.17, 15) is 19.2 Å². The number of hydrogen-bond acceptors (Lipinski definition) is 6. The van der Waals surface area contributed by atoms with Crippen molar-refractivity contribution in [2.24, 2.45) is 5.92 Å². The van der Waals surface area contributed by atoms with Gasteiger partial charge in [-0.15, -0.1) is 0 Å². The minimum absolute atomic E-state index is 0.223. The number of methoxy groups -OCH3 is 1. The normalized spacial score (nSPS) is 13.5. The summed E-state index contributed by atoms with van der Waals surface area (Å²) in [6.45, 7) is 15.1. The molecule has 1 rings (SSSR count). The van der Waals surface area contributed by atoms with Gasteiger partial charge in [-0.2, -0.15) is 0 Å². The number of benzene rings is 1. The van der Waals surface area contributed by atoms with Crippen LogP contribution in [-0.4, -0.2) is 60.6 Å². The van der Waals surface area contributed by atoms with E-state index in [-0.39, 0.29) is 18.4 Å². The van der Waals surface area contributed by atoms with Gasteiger partial charge in [-0.3, -0.25) is 14.4 Å². The number of amides is 3. The zero-order valence-corrected chi connectivity index (χ0v) is 26.7. The van der Waals surface area contributed by atoms with Gasteiger partial charge in [-0.1, -0.05) is 83.1 Å². The summed E-state index contributed by atoms with van der Waals surface area (Å²) in [6.07, 6.45) is 5.96. The third-order valence-corrected chi connectivity index (χ3v) is 7.11. The van der Waals surface area contributed by atoms with E-state index < -0.39 is 35.7 Å². The minimum Gasteiger partial charge on any atom is -0.468 e. The van der Waals surface area contributed by atoms with Crippen LogP contribution in [0.15, 0.2) is 18.2 Å². The Hall–Kier alpha value is -3.10. The highest BCUT2D eigenvalue weighted by Gasteiger charge is 2.38. The van der Waals surface area contributed by atoms with Gasteiger partial charge in [-0.25, -0.2) is 4.79 Å². The Morgan fingerprint density at radius 2 is 1.61 bits per heavy atom. The summed E-state index contributed by atoms with van der Waals surface area (Å²) < 4.78 is 10.2. The van der Waals surface area contributed by atoms with E-state index in [1.54, 1.807) is 25.7 Å². The Labute approximate surface area is 247 Å². The number of esters is 1. The molecule has 0 fully saturated rings. The second kappa shape index (κ2) is 17.7. The first-order valence-electron chi connectivity index (χ1n) is 15.0. The second-order valence-corrected chi connectivity index (χ2v) is 11.9. The van der Waals surface area contributed by atoms with Crippen molar-refractivity contribution in [3.8, 4) is 0 Å². The maximum atomic E-state index is 14.4. The fourth-order valence-corrected chi connectivity index (χ4v) is 4.56. The summed E-state index contributed by atoms with van der Waals surface area (Å²) in [5.41, 5.74) is 1.72. The van der Waals surface area contributed by atoms with Gasteiger partial charge in [0.15, 0.2) is 0 Å². The van der Waals surface area contributed by atoms with Crippen LogP contribution >= 0.6 is 0 Å². The number of carbonyl (C=O) groups excluding carboxylic acids is 4. The Kier molecular flexibility index (Phi) is 15.5. The summed E-state index contributed by atoms with van der Waals surface area (Å²) in [7, 11) is 1.25. The average Bonchev–Trinajstić information content (AvgIpc) is 2.91. The highest BCUT2D eigenvalue weighted by Crippen LogP contribution is 2.28. The van der Waals surface area contributed by atoms with E-state index in [0.717, 1.165) is 43.2 Å². The summed E-state index contributed by atoms with van der Waals surface area (Å²) in [5.74, 6) is -1.66. The molecule has 0 radical (unpaired) electrons. The van der Waals surface area contributed by atoms with Crippen LogP contribution in [0.2, 0.25) is 0 Å². The first-order valence-corrected chi connectivity index (χ1v) is 15.0. The Morgan fingerprint density at radius 3 is 2.20 bits per heavy atom. The van der Waals surface area contributed by atoms with Crippen molar-refractivity contribution in [2.45, 2.75) is 118 Å². The number of alkyl carbamates (subject to hydrolysis) is 1. The number of unbranched alkanes of at least 4 members (excludes halogenated alkanes) is 5. The zero-order valence-electron chi connectivity index (χ0n) is 26.7. The number of aryl methyl sites for hydroxylation is 2. The number of nitrogens with zero attached hydrogens (tertiary/aromatic N) is 1. The third kappa shape index (κ3) is 12.5. The lowest BCUT2D eigenvalue weighted by atomic mass is 9.93. The predicted molar refractivity (Wildman–Crippen MR) is 161 cm³/mol. The topological polar surface area (TPSA) is 114 Å². The minimum atomic E-state index is -1.00. The lowest BCUT2D eigenvalue weighted by molar-refractivity contribution is -0.145. The van der Waals surface area contributed by atoms with Crippen molar-refractivity contribution in [1.82, 2.24) is 15.5 Å². The molecule has 0 aliphatic rings. The molecule has 0 heterocycles. The molecule has 2 N–H and O–H groups in total. The van der Waals surface area contributed by atoms with E-state index in [0.29, 0.717) is 24.9 Å². The number of hydrogen-bond donors (Lipinski definition) is 2. The van der Waals surface area contributed by atoms with Crippen molar-refractivity contribution >= 4 is 23.9 Å². The maximum Gasteiger partial charge on any atom is 0.408 e. The van der Waals surface area contributed by atoms with Crippen LogP contribution in [0.3, 0.4) is 0 Å². The van der Waals surface area contributed by atoms with E-state index in [4.69, 9.17) is 9.47 Å². The first kappa shape index (κ1) is 35.9. The monoisotopic (exact) mass is 575 g/mol. The quantitative estimate of drug-likeness (QED) is 0.191. The molecule has 9 nitrogen and oxygen atoms in total. The SMILES string of the molecule is CCCCCCCCN(C(=O)C(NC(=O)OC(C)(C)C)C(C)CC)C(C(=O)NCC(=O)OC)c1cc(C)ccc1C. The predicted octanol–water partition coefficient (Wildman–Crippen LogP) is 5.76. The molecule has 9 heteroatoms. The van der Waals surface area contributed by atoms with Crippen molar-refractivity contribution in [1.29, 1.82) is 0 Å². The number of ether oxygens (including phenoxy) is 2. The molecule has 3 amide bonds. The van der Waals surface area contributed by atoms with Crippen LogP contribution in [0.1, 0.15) is 109 Å². The van der Waals surface area contributed by atoms with E-state index >= 15 is 0 Å². The molecule has 3 atom stereocenters. The number of carbonyl (C=O) groups is 4. The number of nitrogens with one attached hydrogen (secondary N) is 2. The Morgan fingerprint density at radius 1 is 0.976 bits per heavy atom. The van der Waals surface area contributed by atoms with E-state index in [1.165, 1.54) is 7.11 Å². The lowest BCUT2D eigenvalue weighted by Crippen LogP contribution is -2.55. The standard InChI is InChI=1S/C32H53N3O6/c1-10-12-13-14-15-16-19-35(30(38)27(23(4)11-2)34-31(39)41-32(6,7)8)28(29(37)33-21-26(36)40-9)25-20-22(3)17-18-24(25)5/h17-18,20,23,27-28H,10-16,19,21H2,1-9H3,(H,33,37)(H,34,39). The smallest absolute Gasteiger partial charge is 0.408 e. The second-order valence-electron chi connectivity index (χ2n) is 11.9. The van der Waals surface area contributed by atoms with Crippen LogP contribution in [0.25, 0.3) is 0 Å². The largest absolute Gasteiger partial charge is 0.468 e. The van der Waals surface area contributed by atoms with Gasteiger partial charge >= 0.3 is 12.1 Å². The summed E-state index contributed by atoms with van der Waals surface area (Å²) >= 11 is 0. The molecule has 1 aromatic rings. The highest BCUT2D eigenvalue weighted by molar-refractivity contribution is 5.93. The molecule has 0 saturated carbocycles. The zero-order chi connectivity index (χ0) is 31.2. The van der Waals surface area contributed by atoms with Gasteiger partial charge in [0.05, 0.1) is 7.11 Å². The Balaban J connectivity index is 3.56. The molecular weight excluding hydrogens is 522 g/mol. The van der Waals surface area contributed by atoms with Gasteiger partial charge in [0, 0.05) is 6.54 Å². The molecular formula is C32H53N3O6. The lowest BCUT2D eigenvalue weighted by Gasteiger charge is -2.36. The molecule has 0 bridgehead atoms. The summed E-state index contributed by atoms with van der Waals surface area (Å²) in [5, 5.41) is 5.46. The molecule has 0 spiro atoms. The molecule has 41 heavy (non-hydrogen) atoms. The van der Waals surface area contributed by atoms with Crippen molar-refractivity contribution in [3.05, 3.63) is 34.9 Å². The highest BCUT2D eigenvalue weighted by atomic mass is 16.6. The average molecular weight is 576 g/mol. The molecule has 0 aliphatic carbocycles. The van der Waals surface area contributed by atoms with Crippen LogP contribution in [0, 0.1) is 19.8 Å². The first-order chi connectivity index (χ1) is 19.2. The molecule has 1 aromatic carbocycles. The molecule has 232 valence electrons. The van der Waals surface area contributed by atoms with Gasteiger partial charge < -0.3 is 25.0 Å². The maximum absolute atomic E-state index is 14.4. The molecule has 0 aliphatic heterocycles. The van der Waals surface area contributed by atoms with E-state index in [1.807, 2.05) is 45.9 Å². The van der Waals surface area contributed by atoms with Crippen molar-refractivity contribution in [3.63, 3.8) is 0 Å². The summed E-state index contributed by atoms with van der Waals surface area (Å²) in [6, 6.07) is 3.86. The van der Waals surface area contributed by atoms with Crippen LogP contribution in [0.5, 0.6) is 0 Å². The third-order valence-electron chi connectivity index (χ3n) is 7.11. The Bertz CT molecular complexity index is 1000. The molecule has 0 aromatic heterocycles. The van der Waals surface area contributed by atoms with Gasteiger partial charge in [0.25, 0.3) is 0 Å². The summed E-state index contributed by atoms with van der Waals surface area (Å²) in [4.78, 5) is 54.5. The van der Waals surface area contributed by atoms with Gasteiger partial charge in [0.1, 0.15) is 24.2 Å². The van der Waals surface area contributed by atoms with Crippen molar-refractivity contribution in [2.75, 3.05) is 20.2 Å². The van der Waals surface area contributed by atoms with Crippen LogP contribution < -0.4 is 10.6 Å². The van der Waals surface area contributed by atoms with Crippen molar-refractivity contribution < 1.29 is 28.7 Å². The molecule has 3 unspecified atom stereocenters. The van der Waals surface area contributed by atoms with E-state index in [2.05, 4.69) is 17.6 Å². The fraction of sp³-hybridized carbons (Fsp3) is 0.688. The van der Waals surface area contributed by atoms with Gasteiger partial charge in [-0.05, 0) is 58.1 Å².